The zero-order chi connectivity index (χ0) is 29.1. The molecule has 1 aliphatic heterocycles. The number of fused-ring (bicyclic) bond motifs is 2. The number of carbonyl (C=O) groups is 4. The maximum atomic E-state index is 12.9. The summed E-state index contributed by atoms with van der Waals surface area (Å²) in [4.78, 5) is 67.0. The Balaban J connectivity index is 1.20. The van der Waals surface area contributed by atoms with Gasteiger partial charge in [-0.1, -0.05) is 12.1 Å². The van der Waals surface area contributed by atoms with E-state index < -0.39 is 17.9 Å². The van der Waals surface area contributed by atoms with Crippen molar-refractivity contribution in [2.75, 3.05) is 25.1 Å². The quantitative estimate of drug-likeness (QED) is 0.136. The van der Waals surface area contributed by atoms with E-state index in [4.69, 9.17) is 16.2 Å². The second-order valence-corrected chi connectivity index (χ2v) is 9.24. The third-order valence-electron chi connectivity index (χ3n) is 6.63. The third-order valence-corrected chi connectivity index (χ3v) is 6.63. The number of imide groups is 1. The Kier molecular flexibility index (Phi) is 7.41. The predicted octanol–water partition coefficient (Wildman–Crippen LogP) is 2.22. The summed E-state index contributed by atoms with van der Waals surface area (Å²) >= 11 is 0. The number of aliphatic imine (C=N–C) groups is 1. The van der Waals surface area contributed by atoms with Gasteiger partial charge in [0.2, 0.25) is 5.95 Å². The smallest absolute Gasteiger partial charge is 0.328 e. The van der Waals surface area contributed by atoms with Crippen molar-refractivity contribution < 1.29 is 23.9 Å². The van der Waals surface area contributed by atoms with E-state index in [1.807, 2.05) is 0 Å². The zero-order valence-corrected chi connectivity index (χ0v) is 22.0. The van der Waals surface area contributed by atoms with Gasteiger partial charge in [0, 0.05) is 30.1 Å². The summed E-state index contributed by atoms with van der Waals surface area (Å²) in [6.07, 6.45) is 3.72. The van der Waals surface area contributed by atoms with Crippen molar-refractivity contribution in [1.82, 2.24) is 25.2 Å². The number of H-pyrrole nitrogens is 1. The van der Waals surface area contributed by atoms with E-state index in [0.717, 1.165) is 4.90 Å². The molecule has 3 heterocycles. The number of nitrogen functional groups attached to an aromatic ring is 2. The molecule has 6 N–H and O–H groups in total. The Labute approximate surface area is 233 Å². The van der Waals surface area contributed by atoms with Gasteiger partial charge in [0.15, 0.2) is 0 Å². The molecule has 1 aliphatic rings. The van der Waals surface area contributed by atoms with Crippen molar-refractivity contribution in [1.29, 1.82) is 0 Å². The number of anilines is 2. The number of esters is 1. The first-order valence-corrected chi connectivity index (χ1v) is 12.6. The molecule has 3 amide bonds. The highest BCUT2D eigenvalue weighted by Gasteiger charge is 2.35. The zero-order valence-electron chi connectivity index (χ0n) is 22.0. The van der Waals surface area contributed by atoms with E-state index in [1.165, 1.54) is 7.11 Å². The average molecular weight is 555 g/mol. The van der Waals surface area contributed by atoms with Gasteiger partial charge >= 0.3 is 5.97 Å². The molecule has 0 bridgehead atoms. The first kappa shape index (κ1) is 27.0. The number of carbonyl (C=O) groups excluding carboxylic acids is 4. The molecule has 2 aromatic heterocycles. The Morgan fingerprint density at radius 2 is 1.76 bits per heavy atom. The third kappa shape index (κ3) is 5.45. The molecule has 5 rings (SSSR count). The molecule has 0 radical (unpaired) electrons. The van der Waals surface area contributed by atoms with Crippen LogP contribution in [0.25, 0.3) is 11.0 Å². The Morgan fingerprint density at radius 1 is 1.07 bits per heavy atom. The summed E-state index contributed by atoms with van der Waals surface area (Å²) in [7, 11) is 1.22. The lowest BCUT2D eigenvalue weighted by Gasteiger charge is -2.19. The van der Waals surface area contributed by atoms with E-state index in [1.54, 1.807) is 60.9 Å². The van der Waals surface area contributed by atoms with Gasteiger partial charge in [0.05, 0.1) is 29.3 Å². The molecule has 0 spiro atoms. The van der Waals surface area contributed by atoms with Crippen LogP contribution in [0.5, 0.6) is 0 Å². The number of rotatable bonds is 9. The number of benzene rings is 2. The normalized spacial score (nSPS) is 13.5. The van der Waals surface area contributed by atoms with Crippen LogP contribution in [0.15, 0.2) is 59.7 Å². The number of aromatic amines is 1. The van der Waals surface area contributed by atoms with Gasteiger partial charge in [-0.2, -0.15) is 9.97 Å². The summed E-state index contributed by atoms with van der Waals surface area (Å²) in [5.41, 5.74) is 14.3. The number of nitrogens with zero attached hydrogens (tertiary/aromatic N) is 4. The van der Waals surface area contributed by atoms with Gasteiger partial charge in [-0.25, -0.2) is 4.79 Å². The van der Waals surface area contributed by atoms with E-state index in [-0.39, 0.29) is 43.0 Å². The van der Waals surface area contributed by atoms with Gasteiger partial charge < -0.3 is 26.5 Å². The molecular formula is C28H26N8O5. The van der Waals surface area contributed by atoms with Crippen LogP contribution in [-0.4, -0.2) is 69.5 Å². The maximum Gasteiger partial charge on any atom is 0.328 e. The monoisotopic (exact) mass is 554 g/mol. The second-order valence-electron chi connectivity index (χ2n) is 9.24. The number of hydrogen-bond acceptors (Lipinski definition) is 10. The number of nitrogens with two attached hydrogens (primary N) is 2. The molecule has 0 aliphatic carbocycles. The fraction of sp³-hybridized carbons (Fsp3) is 0.179. The Morgan fingerprint density at radius 3 is 2.41 bits per heavy atom. The van der Waals surface area contributed by atoms with E-state index in [0.29, 0.717) is 39.0 Å². The molecule has 4 aromatic rings. The maximum absolute atomic E-state index is 12.9. The van der Waals surface area contributed by atoms with Crippen LogP contribution in [-0.2, 0) is 9.53 Å². The SMILES string of the molecule is COC(=O)[C@H](CCCN1C(=O)c2ccccc2C1=O)NC(=O)c1ccc(N=Cc2c[nH]c3nc(N)nc(N)c23)cc1. The Hall–Kier alpha value is -5.59. The van der Waals surface area contributed by atoms with Crippen molar-refractivity contribution in [2.24, 2.45) is 4.99 Å². The van der Waals surface area contributed by atoms with E-state index in [2.05, 4.69) is 25.3 Å². The summed E-state index contributed by atoms with van der Waals surface area (Å²) < 4.78 is 4.85. The van der Waals surface area contributed by atoms with Crippen LogP contribution in [0.4, 0.5) is 17.5 Å². The lowest BCUT2D eigenvalue weighted by atomic mass is 10.1. The molecule has 0 saturated heterocycles. The standard InChI is InChI=1S/C28H26N8O5/c1-41-27(40)20(7-4-12-36-25(38)18-5-2-3-6-19(18)26(36)39)33-24(37)15-8-10-17(11-9-15)31-13-16-14-32-23-21(16)22(29)34-28(30)35-23/h2-3,5-6,8-11,13-14,20H,4,7,12H2,1H3,(H,33,37)(H5,29,30,32,34,35)/t20-/m0/s1. The van der Waals surface area contributed by atoms with Gasteiger partial charge in [0.1, 0.15) is 17.5 Å². The second kappa shape index (κ2) is 11.3. The number of nitrogens with one attached hydrogen (secondary N) is 2. The number of ether oxygens (including phenoxy) is 1. The molecule has 0 unspecified atom stereocenters. The van der Waals surface area contributed by atoms with Gasteiger partial charge in [-0.05, 0) is 49.2 Å². The van der Waals surface area contributed by atoms with Crippen molar-refractivity contribution in [3.8, 4) is 0 Å². The van der Waals surface area contributed by atoms with Crippen LogP contribution in [0.3, 0.4) is 0 Å². The highest BCUT2D eigenvalue weighted by atomic mass is 16.5. The lowest BCUT2D eigenvalue weighted by molar-refractivity contribution is -0.143. The van der Waals surface area contributed by atoms with Gasteiger partial charge in [-0.3, -0.25) is 24.3 Å². The fourth-order valence-corrected chi connectivity index (χ4v) is 4.58. The minimum Gasteiger partial charge on any atom is -0.467 e. The topological polar surface area (TPSA) is 199 Å². The first-order valence-electron chi connectivity index (χ1n) is 12.6. The number of amides is 3. The summed E-state index contributed by atoms with van der Waals surface area (Å²) in [5, 5.41) is 3.26. The molecule has 2 aromatic carbocycles. The van der Waals surface area contributed by atoms with Crippen LogP contribution >= 0.6 is 0 Å². The van der Waals surface area contributed by atoms with Crippen molar-refractivity contribution in [2.45, 2.75) is 18.9 Å². The summed E-state index contributed by atoms with van der Waals surface area (Å²) in [6, 6.07) is 12.1. The number of methoxy groups -OCH3 is 1. The highest BCUT2D eigenvalue weighted by Crippen LogP contribution is 2.24. The van der Waals surface area contributed by atoms with Gasteiger partial charge in [0.25, 0.3) is 17.7 Å². The molecule has 1 atom stereocenters. The average Bonchev–Trinajstić information content (AvgIpc) is 3.49. The predicted molar refractivity (Wildman–Crippen MR) is 151 cm³/mol. The summed E-state index contributed by atoms with van der Waals surface area (Å²) in [6.45, 7) is 0.101. The minimum atomic E-state index is -0.969. The van der Waals surface area contributed by atoms with Crippen molar-refractivity contribution >= 4 is 58.4 Å². The van der Waals surface area contributed by atoms with Crippen LogP contribution in [0.1, 0.15) is 49.5 Å². The van der Waals surface area contributed by atoms with E-state index >= 15 is 0 Å². The molecule has 41 heavy (non-hydrogen) atoms. The molecule has 0 fully saturated rings. The molecule has 13 nitrogen and oxygen atoms in total. The largest absolute Gasteiger partial charge is 0.467 e. The number of aromatic nitrogens is 3. The number of hydrogen-bond donors (Lipinski definition) is 4. The molecule has 13 heteroatoms. The molecular weight excluding hydrogens is 528 g/mol. The Bertz CT molecular complexity index is 1660. The lowest BCUT2D eigenvalue weighted by Crippen LogP contribution is -2.42. The first-order chi connectivity index (χ1) is 19.8. The molecule has 208 valence electrons. The van der Waals surface area contributed by atoms with Crippen LogP contribution in [0.2, 0.25) is 0 Å². The fourth-order valence-electron chi connectivity index (χ4n) is 4.58. The van der Waals surface area contributed by atoms with E-state index in [9.17, 15) is 19.2 Å². The highest BCUT2D eigenvalue weighted by molar-refractivity contribution is 6.21. The van der Waals surface area contributed by atoms with Crippen molar-refractivity contribution in [3.05, 3.63) is 77.0 Å². The van der Waals surface area contributed by atoms with Crippen LogP contribution in [0, 0.1) is 0 Å². The summed E-state index contributed by atoms with van der Waals surface area (Å²) in [5.74, 6) is -1.59. The van der Waals surface area contributed by atoms with Crippen molar-refractivity contribution in [3.63, 3.8) is 0 Å². The van der Waals surface area contributed by atoms with Crippen LogP contribution < -0.4 is 16.8 Å². The molecule has 0 saturated carbocycles. The minimum absolute atomic E-state index is 0.0615. The van der Waals surface area contributed by atoms with Gasteiger partial charge in [-0.15, -0.1) is 0 Å².